The Bertz CT molecular complexity index is 380. The van der Waals surface area contributed by atoms with Crippen LogP contribution in [-0.4, -0.2) is 21.7 Å². The van der Waals surface area contributed by atoms with Crippen molar-refractivity contribution >= 4 is 16.5 Å². The van der Waals surface area contributed by atoms with E-state index >= 15 is 0 Å². The molecule has 0 aromatic heterocycles. The van der Waals surface area contributed by atoms with Crippen LogP contribution in [0, 0.1) is 6.92 Å². The van der Waals surface area contributed by atoms with Crippen LogP contribution in [0.3, 0.4) is 0 Å². The molecule has 1 unspecified atom stereocenters. The molecule has 0 aliphatic carbocycles. The van der Waals surface area contributed by atoms with Crippen LogP contribution in [0.5, 0.6) is 0 Å². The lowest BCUT2D eigenvalue weighted by Gasteiger charge is -2.05. The summed E-state index contributed by atoms with van der Waals surface area (Å²) in [5, 5.41) is 8.64. The molecule has 0 fully saturated rings. The lowest BCUT2D eigenvalue weighted by molar-refractivity contribution is 0.283. The fraction of sp³-hybridized carbons (Fsp3) is 0.538. The Labute approximate surface area is 105 Å². The Hall–Kier alpha value is -0.870. The van der Waals surface area contributed by atoms with Gasteiger partial charge in [0.15, 0.2) is 0 Å². The van der Waals surface area contributed by atoms with Crippen LogP contribution in [0.2, 0.25) is 0 Å². The van der Waals surface area contributed by atoms with Crippen molar-refractivity contribution in [2.24, 2.45) is 0 Å². The molecule has 0 aliphatic rings. The van der Waals surface area contributed by atoms with Crippen molar-refractivity contribution in [3.05, 3.63) is 23.8 Å². The molecule has 3 nitrogen and oxygen atoms in total. The molecule has 1 aromatic carbocycles. The second-order valence-electron chi connectivity index (χ2n) is 4.21. The van der Waals surface area contributed by atoms with E-state index in [1.807, 2.05) is 25.1 Å². The van der Waals surface area contributed by atoms with Crippen molar-refractivity contribution in [2.45, 2.75) is 37.5 Å². The summed E-state index contributed by atoms with van der Waals surface area (Å²) >= 11 is 0. The van der Waals surface area contributed by atoms with Gasteiger partial charge in [-0.3, -0.25) is 4.21 Å². The number of anilines is 1. The van der Waals surface area contributed by atoms with E-state index in [-0.39, 0.29) is 6.61 Å². The largest absolute Gasteiger partial charge is 0.399 e. The molecule has 0 saturated carbocycles. The second kappa shape index (κ2) is 7.45. The molecule has 0 amide bonds. The summed E-state index contributed by atoms with van der Waals surface area (Å²) in [6.07, 6.45) is 3.82. The van der Waals surface area contributed by atoms with Gasteiger partial charge in [0.25, 0.3) is 0 Å². The molecule has 0 spiro atoms. The van der Waals surface area contributed by atoms with Gasteiger partial charge in [0.2, 0.25) is 0 Å². The molecular weight excluding hydrogens is 234 g/mol. The average molecular weight is 255 g/mol. The molecular formula is C13H21NO2S. The minimum absolute atomic E-state index is 0.250. The SMILES string of the molecule is Cc1cc(S(=O)CCCCCCO)ccc1N. The number of unbranched alkanes of at least 4 members (excludes halogenated alkanes) is 3. The first-order valence-electron chi connectivity index (χ1n) is 6.00. The van der Waals surface area contributed by atoms with Gasteiger partial charge in [-0.15, -0.1) is 0 Å². The van der Waals surface area contributed by atoms with Crippen molar-refractivity contribution < 1.29 is 9.32 Å². The molecule has 1 rings (SSSR count). The first-order chi connectivity index (χ1) is 8.15. The molecule has 96 valence electrons. The highest BCUT2D eigenvalue weighted by Crippen LogP contribution is 2.16. The topological polar surface area (TPSA) is 63.3 Å². The number of benzene rings is 1. The molecule has 0 bridgehead atoms. The van der Waals surface area contributed by atoms with Crippen LogP contribution in [0.4, 0.5) is 5.69 Å². The van der Waals surface area contributed by atoms with E-state index in [1.165, 1.54) is 0 Å². The summed E-state index contributed by atoms with van der Waals surface area (Å²) < 4.78 is 12.0. The van der Waals surface area contributed by atoms with Crippen molar-refractivity contribution in [2.75, 3.05) is 18.1 Å². The smallest absolute Gasteiger partial charge is 0.0529 e. The Morgan fingerprint density at radius 1 is 1.24 bits per heavy atom. The summed E-state index contributed by atoms with van der Waals surface area (Å²) in [6, 6.07) is 5.56. The lowest BCUT2D eigenvalue weighted by atomic mass is 10.2. The summed E-state index contributed by atoms with van der Waals surface area (Å²) in [6.45, 7) is 2.18. The maximum absolute atomic E-state index is 12.0. The highest BCUT2D eigenvalue weighted by molar-refractivity contribution is 7.85. The van der Waals surface area contributed by atoms with Gasteiger partial charge in [0.05, 0.1) is 10.8 Å². The number of aliphatic hydroxyl groups is 1. The minimum Gasteiger partial charge on any atom is -0.399 e. The predicted octanol–water partition coefficient (Wildman–Crippen LogP) is 2.24. The van der Waals surface area contributed by atoms with Gasteiger partial charge in [-0.25, -0.2) is 0 Å². The van der Waals surface area contributed by atoms with Gasteiger partial charge in [0, 0.05) is 22.9 Å². The molecule has 3 N–H and O–H groups in total. The summed E-state index contributed by atoms with van der Waals surface area (Å²) in [5.41, 5.74) is 7.45. The monoisotopic (exact) mass is 255 g/mol. The van der Waals surface area contributed by atoms with E-state index in [1.54, 1.807) is 0 Å². The second-order valence-corrected chi connectivity index (χ2v) is 5.78. The number of aliphatic hydroxyl groups excluding tert-OH is 1. The lowest BCUT2D eigenvalue weighted by Crippen LogP contribution is -2.00. The van der Waals surface area contributed by atoms with Gasteiger partial charge in [-0.2, -0.15) is 0 Å². The average Bonchev–Trinajstić information content (AvgIpc) is 2.32. The maximum atomic E-state index is 12.0. The summed E-state index contributed by atoms with van der Waals surface area (Å²) in [4.78, 5) is 0.860. The number of hydrogen-bond acceptors (Lipinski definition) is 3. The van der Waals surface area contributed by atoms with E-state index < -0.39 is 10.8 Å². The molecule has 0 aliphatic heterocycles. The van der Waals surface area contributed by atoms with Crippen molar-refractivity contribution in [3.63, 3.8) is 0 Å². The molecule has 17 heavy (non-hydrogen) atoms. The highest BCUT2D eigenvalue weighted by Gasteiger charge is 2.05. The van der Waals surface area contributed by atoms with Crippen molar-refractivity contribution in [1.82, 2.24) is 0 Å². The van der Waals surface area contributed by atoms with Crippen LogP contribution in [-0.2, 0) is 10.8 Å². The van der Waals surface area contributed by atoms with Gasteiger partial charge in [0.1, 0.15) is 0 Å². The van der Waals surface area contributed by atoms with E-state index in [0.717, 1.165) is 41.8 Å². The molecule has 1 atom stereocenters. The predicted molar refractivity (Wildman–Crippen MR) is 72.4 cm³/mol. The van der Waals surface area contributed by atoms with Crippen LogP contribution in [0.25, 0.3) is 0 Å². The number of hydrogen-bond donors (Lipinski definition) is 2. The van der Waals surface area contributed by atoms with Gasteiger partial charge in [-0.1, -0.05) is 12.8 Å². The van der Waals surface area contributed by atoms with Crippen LogP contribution in [0.1, 0.15) is 31.2 Å². The molecule has 0 heterocycles. The van der Waals surface area contributed by atoms with Crippen LogP contribution < -0.4 is 5.73 Å². The first kappa shape index (κ1) is 14.2. The first-order valence-corrected chi connectivity index (χ1v) is 7.32. The Morgan fingerprint density at radius 2 is 1.94 bits per heavy atom. The quantitative estimate of drug-likeness (QED) is 0.580. The third-order valence-electron chi connectivity index (χ3n) is 2.74. The zero-order valence-corrected chi connectivity index (χ0v) is 11.1. The third kappa shape index (κ3) is 4.88. The fourth-order valence-electron chi connectivity index (χ4n) is 1.61. The molecule has 0 radical (unpaired) electrons. The van der Waals surface area contributed by atoms with Crippen molar-refractivity contribution in [1.29, 1.82) is 0 Å². The molecule has 1 aromatic rings. The maximum Gasteiger partial charge on any atom is 0.0529 e. The van der Waals surface area contributed by atoms with Gasteiger partial charge in [-0.05, 0) is 43.5 Å². The Balaban J connectivity index is 2.39. The number of nitrogen functional groups attached to an aromatic ring is 1. The zero-order valence-electron chi connectivity index (χ0n) is 10.3. The van der Waals surface area contributed by atoms with Gasteiger partial charge >= 0.3 is 0 Å². The summed E-state index contributed by atoms with van der Waals surface area (Å²) in [5.74, 6) is 0.689. The third-order valence-corrected chi connectivity index (χ3v) is 4.18. The highest BCUT2D eigenvalue weighted by atomic mass is 32.2. The van der Waals surface area contributed by atoms with E-state index in [9.17, 15) is 4.21 Å². The van der Waals surface area contributed by atoms with E-state index in [0.29, 0.717) is 5.75 Å². The Kier molecular flexibility index (Phi) is 6.22. The van der Waals surface area contributed by atoms with Crippen LogP contribution >= 0.6 is 0 Å². The Morgan fingerprint density at radius 3 is 2.59 bits per heavy atom. The van der Waals surface area contributed by atoms with Crippen molar-refractivity contribution in [3.8, 4) is 0 Å². The number of aryl methyl sites for hydroxylation is 1. The number of rotatable bonds is 7. The standard InChI is InChI=1S/C13H21NO2S/c1-11-10-12(6-7-13(11)14)17(16)9-5-3-2-4-8-15/h6-7,10,15H,2-5,8-9,14H2,1H3. The van der Waals surface area contributed by atoms with E-state index in [4.69, 9.17) is 10.8 Å². The van der Waals surface area contributed by atoms with E-state index in [2.05, 4.69) is 0 Å². The molecule has 4 heteroatoms. The minimum atomic E-state index is -0.925. The zero-order chi connectivity index (χ0) is 12.7. The number of nitrogens with two attached hydrogens (primary N) is 1. The fourth-order valence-corrected chi connectivity index (χ4v) is 2.84. The molecule has 0 saturated heterocycles. The summed E-state index contributed by atoms with van der Waals surface area (Å²) in [7, 11) is -0.925. The van der Waals surface area contributed by atoms with Gasteiger partial charge < -0.3 is 10.8 Å². The normalized spacial score (nSPS) is 12.6. The van der Waals surface area contributed by atoms with Crippen LogP contribution in [0.15, 0.2) is 23.1 Å².